The molecule has 2 N–H and O–H groups in total. The number of thiophene rings is 1. The lowest BCUT2D eigenvalue weighted by Gasteiger charge is -2.38. The third-order valence-electron chi connectivity index (χ3n) is 4.81. The van der Waals surface area contributed by atoms with Crippen LogP contribution in [-0.2, 0) is 10.0 Å². The van der Waals surface area contributed by atoms with Crippen LogP contribution in [0.3, 0.4) is 0 Å². The van der Waals surface area contributed by atoms with Gasteiger partial charge in [-0.3, -0.25) is 4.79 Å². The average Bonchev–Trinajstić information content (AvgIpc) is 3.17. The van der Waals surface area contributed by atoms with Crippen LogP contribution >= 0.6 is 11.3 Å². The summed E-state index contributed by atoms with van der Waals surface area (Å²) < 4.78 is 25.8. The Labute approximate surface area is 134 Å². The molecule has 1 amide bonds. The first kappa shape index (κ1) is 15.9. The van der Waals surface area contributed by atoms with E-state index < -0.39 is 10.0 Å². The Kier molecular flexibility index (Phi) is 4.28. The molecular weight excluding hydrogens is 322 g/mol. The van der Waals surface area contributed by atoms with Crippen molar-refractivity contribution < 1.29 is 13.2 Å². The van der Waals surface area contributed by atoms with Gasteiger partial charge in [0.05, 0.1) is 9.77 Å². The lowest BCUT2D eigenvalue weighted by Crippen LogP contribution is -2.43. The van der Waals surface area contributed by atoms with Crippen molar-refractivity contribution in [3.05, 3.63) is 16.3 Å². The molecule has 3 rings (SSSR count). The maximum absolute atomic E-state index is 12.5. The molecular formula is C14H21N3O3S2. The maximum atomic E-state index is 12.5. The van der Waals surface area contributed by atoms with Crippen LogP contribution in [-0.4, -0.2) is 52.5 Å². The number of hydrogen-bond acceptors (Lipinski definition) is 5. The third-order valence-corrected chi connectivity index (χ3v) is 7.27. The van der Waals surface area contributed by atoms with E-state index in [1.165, 1.54) is 36.3 Å². The molecule has 0 radical (unpaired) electrons. The van der Waals surface area contributed by atoms with Gasteiger partial charge >= 0.3 is 0 Å². The van der Waals surface area contributed by atoms with Gasteiger partial charge in [0.2, 0.25) is 10.0 Å². The summed E-state index contributed by atoms with van der Waals surface area (Å²) in [6.07, 6.45) is 3.25. The zero-order valence-corrected chi connectivity index (χ0v) is 14.2. The van der Waals surface area contributed by atoms with Crippen LogP contribution in [0.15, 0.2) is 16.3 Å². The molecule has 8 heteroatoms. The number of amides is 1. The zero-order valence-electron chi connectivity index (χ0n) is 12.6. The van der Waals surface area contributed by atoms with Crippen LogP contribution in [0.25, 0.3) is 0 Å². The van der Waals surface area contributed by atoms with Gasteiger partial charge in [-0.2, -0.15) is 0 Å². The van der Waals surface area contributed by atoms with E-state index >= 15 is 0 Å². The van der Waals surface area contributed by atoms with Crippen molar-refractivity contribution >= 4 is 27.3 Å². The van der Waals surface area contributed by atoms with Gasteiger partial charge < -0.3 is 10.2 Å². The Morgan fingerprint density at radius 1 is 1.36 bits per heavy atom. The maximum Gasteiger partial charge on any atom is 0.263 e. The minimum absolute atomic E-state index is 0.0524. The van der Waals surface area contributed by atoms with E-state index in [-0.39, 0.29) is 10.8 Å². The Hall–Kier alpha value is -0.960. The number of piperidine rings is 1. The summed E-state index contributed by atoms with van der Waals surface area (Å²) in [6, 6.07) is 1.47. The molecule has 22 heavy (non-hydrogen) atoms. The Balaban J connectivity index is 1.68. The SMILES string of the molecule is CNS(=O)(=O)c1csc(C(=O)N2CCC3(CCNC3)CC2)c1. The Morgan fingerprint density at radius 3 is 2.68 bits per heavy atom. The van der Waals surface area contributed by atoms with Crippen LogP contribution in [0.1, 0.15) is 28.9 Å². The molecule has 0 bridgehead atoms. The van der Waals surface area contributed by atoms with E-state index in [0.29, 0.717) is 10.3 Å². The first-order valence-electron chi connectivity index (χ1n) is 7.48. The second-order valence-corrected chi connectivity index (χ2v) is 8.87. The summed E-state index contributed by atoms with van der Waals surface area (Å²) in [5, 5.41) is 4.93. The van der Waals surface area contributed by atoms with Crippen LogP contribution < -0.4 is 10.0 Å². The number of hydrogen-bond donors (Lipinski definition) is 2. The molecule has 0 saturated carbocycles. The molecule has 0 aromatic carbocycles. The van der Waals surface area contributed by atoms with Gasteiger partial charge in [0.15, 0.2) is 0 Å². The standard InChI is InChI=1S/C14H21N3O3S2/c1-15-22(19,20)11-8-12(21-9-11)13(18)17-6-3-14(4-7-17)2-5-16-10-14/h8-9,15-16H,2-7,10H2,1H3. The minimum atomic E-state index is -3.48. The van der Waals surface area contributed by atoms with Crippen molar-refractivity contribution in [2.24, 2.45) is 5.41 Å². The molecule has 1 spiro atoms. The van der Waals surface area contributed by atoms with E-state index in [1.807, 2.05) is 4.90 Å². The molecule has 1 aromatic heterocycles. The highest BCUT2D eigenvalue weighted by molar-refractivity contribution is 7.89. The van der Waals surface area contributed by atoms with Crippen molar-refractivity contribution in [1.82, 2.24) is 14.9 Å². The highest BCUT2D eigenvalue weighted by Gasteiger charge is 2.38. The van der Waals surface area contributed by atoms with Gasteiger partial charge in [-0.25, -0.2) is 13.1 Å². The smallest absolute Gasteiger partial charge is 0.263 e. The number of likely N-dealkylation sites (tertiary alicyclic amines) is 1. The number of nitrogens with one attached hydrogen (secondary N) is 2. The molecule has 0 aliphatic carbocycles. The van der Waals surface area contributed by atoms with E-state index in [1.54, 1.807) is 0 Å². The second-order valence-electron chi connectivity index (χ2n) is 6.07. The molecule has 0 atom stereocenters. The number of carbonyl (C=O) groups is 1. The van der Waals surface area contributed by atoms with Gasteiger partial charge in [-0.15, -0.1) is 11.3 Å². The summed E-state index contributed by atoms with van der Waals surface area (Å²) in [5.41, 5.74) is 0.368. The molecule has 2 aliphatic heterocycles. The second kappa shape index (κ2) is 5.92. The highest BCUT2D eigenvalue weighted by Crippen LogP contribution is 2.37. The first-order chi connectivity index (χ1) is 10.5. The molecule has 6 nitrogen and oxygen atoms in total. The number of rotatable bonds is 3. The molecule has 3 heterocycles. The minimum Gasteiger partial charge on any atom is -0.338 e. The largest absolute Gasteiger partial charge is 0.338 e. The van der Waals surface area contributed by atoms with Gasteiger partial charge in [0.25, 0.3) is 5.91 Å². The monoisotopic (exact) mass is 343 g/mol. The average molecular weight is 343 g/mol. The van der Waals surface area contributed by atoms with E-state index in [0.717, 1.165) is 39.0 Å². The fourth-order valence-corrected chi connectivity index (χ4v) is 5.22. The quantitative estimate of drug-likeness (QED) is 0.854. The Bertz CT molecular complexity index is 653. The van der Waals surface area contributed by atoms with Gasteiger partial charge in [0.1, 0.15) is 0 Å². The lowest BCUT2D eigenvalue weighted by atomic mass is 9.78. The summed E-state index contributed by atoms with van der Waals surface area (Å²) >= 11 is 1.19. The number of sulfonamides is 1. The fourth-order valence-electron chi connectivity index (χ4n) is 3.25. The molecule has 2 saturated heterocycles. The third kappa shape index (κ3) is 2.92. The van der Waals surface area contributed by atoms with E-state index in [9.17, 15) is 13.2 Å². The van der Waals surface area contributed by atoms with Crippen LogP contribution in [0, 0.1) is 5.41 Å². The number of carbonyl (C=O) groups excluding carboxylic acids is 1. The van der Waals surface area contributed by atoms with Crippen molar-refractivity contribution in [1.29, 1.82) is 0 Å². The van der Waals surface area contributed by atoms with Gasteiger partial charge in [-0.1, -0.05) is 0 Å². The summed E-state index contributed by atoms with van der Waals surface area (Å²) in [6.45, 7) is 3.64. The normalized spacial score (nSPS) is 21.4. The van der Waals surface area contributed by atoms with Crippen molar-refractivity contribution in [3.63, 3.8) is 0 Å². The van der Waals surface area contributed by atoms with Gasteiger partial charge in [-0.05, 0) is 44.3 Å². The van der Waals surface area contributed by atoms with Crippen molar-refractivity contribution in [3.8, 4) is 0 Å². The predicted molar refractivity (Wildman–Crippen MR) is 85.6 cm³/mol. The lowest BCUT2D eigenvalue weighted by molar-refractivity contribution is 0.0612. The van der Waals surface area contributed by atoms with E-state index in [4.69, 9.17) is 0 Å². The molecule has 2 fully saturated rings. The van der Waals surface area contributed by atoms with Gasteiger partial charge in [0, 0.05) is 25.0 Å². The van der Waals surface area contributed by atoms with Crippen LogP contribution in [0.5, 0.6) is 0 Å². The predicted octanol–water partition coefficient (Wildman–Crippen LogP) is 0.872. The van der Waals surface area contributed by atoms with Crippen LogP contribution in [0.4, 0.5) is 0 Å². The molecule has 1 aromatic rings. The summed E-state index contributed by atoms with van der Waals surface area (Å²) in [4.78, 5) is 15.0. The van der Waals surface area contributed by atoms with Crippen molar-refractivity contribution in [2.45, 2.75) is 24.2 Å². The first-order valence-corrected chi connectivity index (χ1v) is 9.84. The highest BCUT2D eigenvalue weighted by atomic mass is 32.2. The number of nitrogens with zero attached hydrogens (tertiary/aromatic N) is 1. The summed E-state index contributed by atoms with van der Waals surface area (Å²) in [5.74, 6) is -0.0524. The van der Waals surface area contributed by atoms with Crippen molar-refractivity contribution in [2.75, 3.05) is 33.2 Å². The van der Waals surface area contributed by atoms with Crippen LogP contribution in [0.2, 0.25) is 0 Å². The fraction of sp³-hybridized carbons (Fsp3) is 0.643. The molecule has 0 unspecified atom stereocenters. The Morgan fingerprint density at radius 2 is 2.09 bits per heavy atom. The van der Waals surface area contributed by atoms with E-state index in [2.05, 4.69) is 10.0 Å². The molecule has 122 valence electrons. The summed E-state index contributed by atoms with van der Waals surface area (Å²) in [7, 11) is -2.11. The topological polar surface area (TPSA) is 78.5 Å². The molecule has 2 aliphatic rings. The zero-order chi connectivity index (χ0) is 15.8.